The third-order valence-corrected chi connectivity index (χ3v) is 6.08. The first-order valence-corrected chi connectivity index (χ1v) is 11.6. The predicted molar refractivity (Wildman–Crippen MR) is 129 cm³/mol. The van der Waals surface area contributed by atoms with Crippen LogP contribution in [0.1, 0.15) is 34.8 Å². The van der Waals surface area contributed by atoms with Gasteiger partial charge >= 0.3 is 36.7 Å². The number of nitrogens with zero attached hydrogens (tertiary/aromatic N) is 1. The predicted octanol–water partition coefficient (Wildman–Crippen LogP) is 5.76. The molecule has 0 atom stereocenters. The summed E-state index contributed by atoms with van der Waals surface area (Å²) in [4.78, 5) is 30.8. The summed E-state index contributed by atoms with van der Waals surface area (Å²) in [5.41, 5.74) is 1.03. The number of thiol groups is 1. The van der Waals surface area contributed by atoms with Crippen LogP contribution in [0.25, 0.3) is 20.4 Å². The molecule has 4 heterocycles. The Morgan fingerprint density at radius 1 is 1.10 bits per heavy atom. The maximum atomic E-state index is 11.5. The number of rotatable bonds is 4. The molecule has 4 rings (SSSR count). The molecular weight excluding hydrogens is 509 g/mol. The molecule has 0 unspecified atom stereocenters. The van der Waals surface area contributed by atoms with Gasteiger partial charge in [-0.3, -0.25) is 0 Å². The maximum absolute atomic E-state index is 11.5. The normalized spacial score (nSPS) is 9.97. The van der Waals surface area contributed by atoms with E-state index in [2.05, 4.69) is 50.7 Å². The Balaban J connectivity index is 0.000000190. The van der Waals surface area contributed by atoms with Gasteiger partial charge in [-0.1, -0.05) is 0 Å². The van der Waals surface area contributed by atoms with E-state index in [0.29, 0.717) is 24.6 Å². The zero-order valence-electron chi connectivity index (χ0n) is 16.1. The van der Waals surface area contributed by atoms with Crippen LogP contribution in [-0.2, 0) is 9.47 Å². The summed E-state index contributed by atoms with van der Waals surface area (Å²) < 4.78 is 13.3. The second-order valence-electron chi connectivity index (χ2n) is 5.42. The average Bonchev–Trinajstić information content (AvgIpc) is 3.45. The Morgan fingerprint density at radius 3 is 2.30 bits per heavy atom. The van der Waals surface area contributed by atoms with Crippen LogP contribution in [0.4, 0.5) is 0 Å². The molecule has 0 aliphatic carbocycles. The standard InChI is InChI=1S/C9H8BrNO2S.C9H9NO2S.BHNS/c1-2-13-9(12)7-6(10)5-3-4-14-8(5)11-7;1-2-12-9(11)7-5-6-3-4-13-8(6)10-7;1-2-3/h3-4,11H,2H2,1H3;3-5,10H,2H2,1H3;3H. The molecule has 157 valence electrons. The van der Waals surface area contributed by atoms with Crippen molar-refractivity contribution in [3.05, 3.63) is 44.8 Å². The number of thiophene rings is 2. The number of aromatic nitrogens is 2. The van der Waals surface area contributed by atoms with Crippen LogP contribution in [0, 0.1) is 0 Å². The van der Waals surface area contributed by atoms with Crippen molar-refractivity contribution in [3.8, 4) is 0 Å². The van der Waals surface area contributed by atoms with Gasteiger partial charge in [-0.15, -0.1) is 22.7 Å². The van der Waals surface area contributed by atoms with Crippen LogP contribution < -0.4 is 0 Å². The second-order valence-corrected chi connectivity index (χ2v) is 8.28. The van der Waals surface area contributed by atoms with Gasteiger partial charge in [-0.25, -0.2) is 9.59 Å². The quantitative estimate of drug-likeness (QED) is 0.179. The molecule has 0 aliphatic heterocycles. The fraction of sp³-hybridized carbons (Fsp3) is 0.222. The number of halogens is 1. The van der Waals surface area contributed by atoms with Gasteiger partial charge in [0.2, 0.25) is 0 Å². The van der Waals surface area contributed by atoms with E-state index in [9.17, 15) is 9.59 Å². The van der Waals surface area contributed by atoms with E-state index in [1.165, 1.54) is 0 Å². The van der Waals surface area contributed by atoms with E-state index in [4.69, 9.17) is 9.47 Å². The fourth-order valence-electron chi connectivity index (χ4n) is 2.39. The van der Waals surface area contributed by atoms with Gasteiger partial charge < -0.3 is 19.4 Å². The number of carbonyl (C=O) groups is 2. The fourth-order valence-corrected chi connectivity index (χ4v) is 4.70. The summed E-state index contributed by atoms with van der Waals surface area (Å²) in [6, 6.07) is 5.74. The van der Waals surface area contributed by atoms with Crippen molar-refractivity contribution >= 4 is 91.4 Å². The number of esters is 2. The number of aromatic amines is 2. The van der Waals surface area contributed by atoms with Crippen LogP contribution >= 0.6 is 51.4 Å². The van der Waals surface area contributed by atoms with Crippen molar-refractivity contribution in [1.82, 2.24) is 9.97 Å². The first-order valence-electron chi connectivity index (χ1n) is 8.66. The minimum atomic E-state index is -0.317. The van der Waals surface area contributed by atoms with Gasteiger partial charge in [0.05, 0.1) is 17.7 Å². The number of nitrogens with one attached hydrogen (secondary N) is 2. The summed E-state index contributed by atoms with van der Waals surface area (Å²) >= 11 is 9.71. The molecule has 30 heavy (non-hydrogen) atoms. The zero-order valence-corrected chi connectivity index (χ0v) is 20.2. The van der Waals surface area contributed by atoms with E-state index in [0.717, 1.165) is 24.9 Å². The van der Waals surface area contributed by atoms with Crippen molar-refractivity contribution in [2.24, 2.45) is 4.30 Å². The molecule has 4 aromatic heterocycles. The third kappa shape index (κ3) is 6.06. The van der Waals surface area contributed by atoms with Crippen LogP contribution in [-0.4, -0.2) is 42.8 Å². The van der Waals surface area contributed by atoms with Crippen molar-refractivity contribution in [2.75, 3.05) is 13.2 Å². The monoisotopic (exact) mass is 526 g/mol. The molecule has 1 radical (unpaired) electrons. The average molecular weight is 527 g/mol. The number of fused-ring (bicyclic) bond motifs is 2. The molecule has 0 amide bonds. The topological polar surface area (TPSA) is 96.5 Å². The van der Waals surface area contributed by atoms with Crippen LogP contribution in [0.15, 0.2) is 37.7 Å². The van der Waals surface area contributed by atoms with Gasteiger partial charge in [0, 0.05) is 10.8 Å². The van der Waals surface area contributed by atoms with Crippen molar-refractivity contribution in [3.63, 3.8) is 0 Å². The Labute approximate surface area is 196 Å². The van der Waals surface area contributed by atoms with Gasteiger partial charge in [0.15, 0.2) is 0 Å². The molecule has 0 saturated carbocycles. The summed E-state index contributed by atoms with van der Waals surface area (Å²) in [6.07, 6.45) is 0. The number of H-pyrrole nitrogens is 2. The van der Waals surface area contributed by atoms with Crippen molar-refractivity contribution in [1.29, 1.82) is 0 Å². The van der Waals surface area contributed by atoms with Crippen LogP contribution in [0.2, 0.25) is 0 Å². The molecule has 2 N–H and O–H groups in total. The Bertz CT molecular complexity index is 1110. The molecule has 0 saturated heterocycles. The second kappa shape index (κ2) is 12.1. The first-order chi connectivity index (χ1) is 14.5. The molecule has 0 spiro atoms. The Kier molecular flexibility index (Phi) is 9.82. The van der Waals surface area contributed by atoms with E-state index in [1.54, 1.807) is 36.5 Å². The summed E-state index contributed by atoms with van der Waals surface area (Å²) in [5.74, 6) is -0.603. The third-order valence-electron chi connectivity index (χ3n) is 3.58. The van der Waals surface area contributed by atoms with Crippen molar-refractivity contribution in [2.45, 2.75) is 13.8 Å². The Hall–Kier alpha value is -1.89. The summed E-state index contributed by atoms with van der Waals surface area (Å²) in [7, 11) is 4.34. The molecule has 0 aromatic carbocycles. The number of hydrogen-bond acceptors (Lipinski definition) is 8. The van der Waals surface area contributed by atoms with Crippen molar-refractivity contribution < 1.29 is 19.1 Å². The minimum absolute atomic E-state index is 0.286. The SMILES string of the molecule is CCOC(=O)c1[nH]c2sccc2c1Br.CCOC(=O)c1cc2ccsc2[nH]1.[B]=NS. The number of hydrogen-bond donors (Lipinski definition) is 3. The molecular formula is C18H18BBrN3O4S3. The molecule has 7 nitrogen and oxygen atoms in total. The van der Waals surface area contributed by atoms with Gasteiger partial charge in [-0.2, -0.15) is 0 Å². The van der Waals surface area contributed by atoms with Gasteiger partial charge in [0.1, 0.15) is 21.0 Å². The van der Waals surface area contributed by atoms with E-state index >= 15 is 0 Å². The molecule has 0 fully saturated rings. The van der Waals surface area contributed by atoms with Crippen LogP contribution in [0.5, 0.6) is 0 Å². The van der Waals surface area contributed by atoms with Gasteiger partial charge in [-0.05, 0) is 58.7 Å². The molecule has 0 bridgehead atoms. The summed E-state index contributed by atoms with van der Waals surface area (Å²) in [5, 5.41) is 6.04. The van der Waals surface area contributed by atoms with Gasteiger partial charge in [0.25, 0.3) is 0 Å². The number of ether oxygens (including phenoxy) is 2. The molecule has 0 aliphatic rings. The van der Waals surface area contributed by atoms with E-state index in [-0.39, 0.29) is 11.9 Å². The Morgan fingerprint density at radius 2 is 1.70 bits per heavy atom. The molecule has 4 aromatic rings. The first kappa shape index (κ1) is 24.4. The van der Waals surface area contributed by atoms with Crippen LogP contribution in [0.3, 0.4) is 0 Å². The number of carbonyl (C=O) groups excluding carboxylic acids is 2. The van der Waals surface area contributed by atoms with E-state index in [1.807, 2.05) is 29.0 Å². The summed E-state index contributed by atoms with van der Waals surface area (Å²) in [6.45, 7) is 4.38. The van der Waals surface area contributed by atoms with E-state index < -0.39 is 0 Å². The zero-order chi connectivity index (χ0) is 22.1. The molecule has 12 heteroatoms.